The molecule has 1 aromatic carbocycles. The van der Waals surface area contributed by atoms with Crippen LogP contribution in [0.3, 0.4) is 0 Å². The second-order valence-corrected chi connectivity index (χ2v) is 5.61. The fourth-order valence-corrected chi connectivity index (χ4v) is 2.76. The molecule has 0 bridgehead atoms. The SMILES string of the molecule is CN(CC(=O)NC1CCCC1)Cc1ccccc1[N+](=O)[O-]. The Morgan fingerprint density at radius 1 is 1.38 bits per heavy atom. The highest BCUT2D eigenvalue weighted by atomic mass is 16.6. The monoisotopic (exact) mass is 291 g/mol. The number of nitrogens with one attached hydrogen (secondary N) is 1. The van der Waals surface area contributed by atoms with E-state index >= 15 is 0 Å². The summed E-state index contributed by atoms with van der Waals surface area (Å²) < 4.78 is 0. The van der Waals surface area contributed by atoms with E-state index in [4.69, 9.17) is 0 Å². The van der Waals surface area contributed by atoms with E-state index in [1.807, 2.05) is 0 Å². The molecule has 0 aliphatic heterocycles. The van der Waals surface area contributed by atoms with E-state index in [0.717, 1.165) is 12.8 Å². The molecule has 1 N–H and O–H groups in total. The lowest BCUT2D eigenvalue weighted by Crippen LogP contribution is -2.39. The Hall–Kier alpha value is -1.95. The number of rotatable bonds is 6. The van der Waals surface area contributed by atoms with Gasteiger partial charge in [0.2, 0.25) is 5.91 Å². The number of carbonyl (C=O) groups is 1. The quantitative estimate of drug-likeness (QED) is 0.643. The zero-order valence-corrected chi connectivity index (χ0v) is 12.2. The molecule has 2 rings (SSSR count). The number of hydrogen-bond acceptors (Lipinski definition) is 4. The van der Waals surface area contributed by atoms with Crippen molar-refractivity contribution in [1.82, 2.24) is 10.2 Å². The van der Waals surface area contributed by atoms with E-state index in [1.54, 1.807) is 30.1 Å². The van der Waals surface area contributed by atoms with Crippen LogP contribution in [0.15, 0.2) is 24.3 Å². The number of likely N-dealkylation sites (N-methyl/N-ethyl adjacent to an activating group) is 1. The van der Waals surface area contributed by atoms with Gasteiger partial charge in [0, 0.05) is 24.2 Å². The molecule has 1 aromatic rings. The van der Waals surface area contributed by atoms with E-state index in [0.29, 0.717) is 18.2 Å². The molecule has 1 fully saturated rings. The van der Waals surface area contributed by atoms with Gasteiger partial charge < -0.3 is 5.32 Å². The molecule has 0 spiro atoms. The third-order valence-electron chi connectivity index (χ3n) is 3.76. The number of nitrogens with zero attached hydrogens (tertiary/aromatic N) is 2. The molecule has 1 amide bonds. The van der Waals surface area contributed by atoms with Gasteiger partial charge in [0.15, 0.2) is 0 Å². The fraction of sp³-hybridized carbons (Fsp3) is 0.533. The first kappa shape index (κ1) is 15.4. The van der Waals surface area contributed by atoms with E-state index in [1.165, 1.54) is 18.9 Å². The summed E-state index contributed by atoms with van der Waals surface area (Å²) in [6.07, 6.45) is 4.47. The molecule has 21 heavy (non-hydrogen) atoms. The number of para-hydroxylation sites is 1. The zero-order valence-electron chi connectivity index (χ0n) is 12.2. The van der Waals surface area contributed by atoms with Crippen LogP contribution in [-0.2, 0) is 11.3 Å². The lowest BCUT2D eigenvalue weighted by molar-refractivity contribution is -0.385. The molecule has 1 aliphatic carbocycles. The zero-order chi connectivity index (χ0) is 15.2. The van der Waals surface area contributed by atoms with Gasteiger partial charge in [0.25, 0.3) is 5.69 Å². The minimum atomic E-state index is -0.387. The van der Waals surface area contributed by atoms with Gasteiger partial charge in [0.05, 0.1) is 11.5 Å². The largest absolute Gasteiger partial charge is 0.352 e. The summed E-state index contributed by atoms with van der Waals surface area (Å²) in [5.74, 6) is -0.0111. The van der Waals surface area contributed by atoms with Crippen molar-refractivity contribution in [2.24, 2.45) is 0 Å². The number of hydrogen-bond donors (Lipinski definition) is 1. The number of nitro groups is 1. The molecule has 0 atom stereocenters. The van der Waals surface area contributed by atoms with Gasteiger partial charge in [-0.2, -0.15) is 0 Å². The van der Waals surface area contributed by atoms with Crippen LogP contribution in [0.4, 0.5) is 5.69 Å². The third-order valence-corrected chi connectivity index (χ3v) is 3.76. The molecule has 1 aliphatic rings. The van der Waals surface area contributed by atoms with E-state index in [2.05, 4.69) is 5.32 Å². The van der Waals surface area contributed by atoms with E-state index in [9.17, 15) is 14.9 Å². The Balaban J connectivity index is 1.87. The van der Waals surface area contributed by atoms with Gasteiger partial charge in [-0.3, -0.25) is 19.8 Å². The van der Waals surface area contributed by atoms with E-state index < -0.39 is 0 Å². The second kappa shape index (κ2) is 7.17. The van der Waals surface area contributed by atoms with Gasteiger partial charge >= 0.3 is 0 Å². The number of carbonyl (C=O) groups excluding carboxylic acids is 1. The summed E-state index contributed by atoms with van der Waals surface area (Å²) in [5.41, 5.74) is 0.721. The fourth-order valence-electron chi connectivity index (χ4n) is 2.76. The average molecular weight is 291 g/mol. The standard InChI is InChI=1S/C15H21N3O3/c1-17(11-15(19)16-13-7-3-4-8-13)10-12-6-2-5-9-14(12)18(20)21/h2,5-6,9,13H,3-4,7-8,10-11H2,1H3,(H,16,19). The van der Waals surface area contributed by atoms with Crippen molar-refractivity contribution >= 4 is 11.6 Å². The van der Waals surface area contributed by atoms with Crippen molar-refractivity contribution in [3.05, 3.63) is 39.9 Å². The van der Waals surface area contributed by atoms with Crippen molar-refractivity contribution < 1.29 is 9.72 Å². The van der Waals surface area contributed by atoms with Crippen LogP contribution in [0.2, 0.25) is 0 Å². The Morgan fingerprint density at radius 3 is 2.71 bits per heavy atom. The summed E-state index contributed by atoms with van der Waals surface area (Å²) in [5, 5.41) is 14.0. The smallest absolute Gasteiger partial charge is 0.273 e. The molecule has 0 aromatic heterocycles. The number of amides is 1. The Kier molecular flexibility index (Phi) is 5.27. The summed E-state index contributed by atoms with van der Waals surface area (Å²) in [4.78, 5) is 24.3. The summed E-state index contributed by atoms with van der Waals surface area (Å²) in [6, 6.07) is 6.94. The van der Waals surface area contributed by atoms with Crippen molar-refractivity contribution in [3.63, 3.8) is 0 Å². The van der Waals surface area contributed by atoms with Crippen molar-refractivity contribution in [2.75, 3.05) is 13.6 Å². The molecule has 6 nitrogen and oxygen atoms in total. The minimum Gasteiger partial charge on any atom is -0.352 e. The van der Waals surface area contributed by atoms with Gasteiger partial charge in [-0.1, -0.05) is 31.0 Å². The maximum Gasteiger partial charge on any atom is 0.273 e. The molecular weight excluding hydrogens is 270 g/mol. The molecule has 114 valence electrons. The van der Waals surface area contributed by atoms with Crippen LogP contribution < -0.4 is 5.32 Å². The molecule has 0 saturated heterocycles. The van der Waals surface area contributed by atoms with Crippen molar-refractivity contribution in [3.8, 4) is 0 Å². The summed E-state index contributed by atoms with van der Waals surface area (Å²) in [6.45, 7) is 0.637. The molecule has 0 radical (unpaired) electrons. The minimum absolute atomic E-state index is 0.0111. The highest BCUT2D eigenvalue weighted by Crippen LogP contribution is 2.19. The van der Waals surface area contributed by atoms with Crippen molar-refractivity contribution in [2.45, 2.75) is 38.3 Å². The number of nitro benzene ring substituents is 1. The van der Waals surface area contributed by atoms with Crippen LogP contribution in [0.25, 0.3) is 0 Å². The summed E-state index contributed by atoms with van der Waals surface area (Å²) in [7, 11) is 1.80. The molecule has 6 heteroatoms. The Morgan fingerprint density at radius 2 is 2.05 bits per heavy atom. The first-order valence-electron chi connectivity index (χ1n) is 7.26. The summed E-state index contributed by atoms with van der Waals surface area (Å²) >= 11 is 0. The van der Waals surface area contributed by atoms with Crippen LogP contribution >= 0.6 is 0 Å². The third kappa shape index (κ3) is 4.53. The highest BCUT2D eigenvalue weighted by molar-refractivity contribution is 5.78. The van der Waals surface area contributed by atoms with Crippen LogP contribution in [0, 0.1) is 10.1 Å². The average Bonchev–Trinajstić information content (AvgIpc) is 2.91. The van der Waals surface area contributed by atoms with Crippen LogP contribution in [0.1, 0.15) is 31.2 Å². The highest BCUT2D eigenvalue weighted by Gasteiger charge is 2.19. The lowest BCUT2D eigenvalue weighted by Gasteiger charge is -2.18. The molecule has 0 heterocycles. The maximum absolute atomic E-state index is 11.9. The Bertz CT molecular complexity index is 513. The topological polar surface area (TPSA) is 75.5 Å². The first-order valence-corrected chi connectivity index (χ1v) is 7.26. The van der Waals surface area contributed by atoms with Crippen molar-refractivity contribution in [1.29, 1.82) is 0 Å². The Labute approximate surface area is 124 Å². The predicted molar refractivity (Wildman–Crippen MR) is 79.8 cm³/mol. The predicted octanol–water partition coefficient (Wildman–Crippen LogP) is 2.09. The molecule has 1 saturated carbocycles. The maximum atomic E-state index is 11.9. The van der Waals surface area contributed by atoms with E-state index in [-0.39, 0.29) is 23.1 Å². The van der Waals surface area contributed by atoms with Gasteiger partial charge in [0.1, 0.15) is 0 Å². The van der Waals surface area contributed by atoms with Crippen LogP contribution in [0.5, 0.6) is 0 Å². The van der Waals surface area contributed by atoms with Crippen LogP contribution in [-0.4, -0.2) is 35.4 Å². The van der Waals surface area contributed by atoms with Gasteiger partial charge in [-0.05, 0) is 19.9 Å². The second-order valence-electron chi connectivity index (χ2n) is 5.61. The normalized spacial score (nSPS) is 15.3. The van der Waals surface area contributed by atoms with Gasteiger partial charge in [-0.25, -0.2) is 0 Å². The lowest BCUT2D eigenvalue weighted by atomic mass is 10.1. The number of benzene rings is 1. The molecule has 0 unspecified atom stereocenters. The first-order chi connectivity index (χ1) is 10.1. The molecular formula is C15H21N3O3. The van der Waals surface area contributed by atoms with Gasteiger partial charge in [-0.15, -0.1) is 0 Å².